The van der Waals surface area contributed by atoms with E-state index in [1.54, 1.807) is 0 Å². The minimum atomic E-state index is -4.49. The standard InChI is InChI=1S/C10H11F3N2O3S2/c1-6-2-7(10(11,12)13)4-8(3-6)15-9(19)14-5-20(16,17)18/h2-4H,5H2,1H3,(H2,14,15,19)(H,16,17,18). The summed E-state index contributed by atoms with van der Waals surface area (Å²) >= 11 is 4.71. The number of hydrogen-bond donors (Lipinski definition) is 3. The summed E-state index contributed by atoms with van der Waals surface area (Å²) in [5.74, 6) is -0.837. The van der Waals surface area contributed by atoms with Crippen molar-refractivity contribution in [3.05, 3.63) is 29.3 Å². The van der Waals surface area contributed by atoms with Gasteiger partial charge >= 0.3 is 6.18 Å². The smallest absolute Gasteiger partial charge is 0.347 e. The Balaban J connectivity index is 2.83. The molecule has 1 rings (SSSR count). The number of nitrogens with one attached hydrogen (secondary N) is 2. The largest absolute Gasteiger partial charge is 0.416 e. The molecule has 5 nitrogen and oxygen atoms in total. The summed E-state index contributed by atoms with van der Waals surface area (Å²) in [5.41, 5.74) is -0.428. The average molecular weight is 328 g/mol. The fraction of sp³-hybridized carbons (Fsp3) is 0.300. The van der Waals surface area contributed by atoms with Crippen LogP contribution in [0.2, 0.25) is 0 Å². The van der Waals surface area contributed by atoms with Crippen molar-refractivity contribution in [2.24, 2.45) is 0 Å². The van der Waals surface area contributed by atoms with Crippen LogP contribution in [0.3, 0.4) is 0 Å². The second-order valence-electron chi connectivity index (χ2n) is 3.94. The first-order valence-corrected chi connectivity index (χ1v) is 7.18. The number of aryl methyl sites for hydroxylation is 1. The molecular weight excluding hydrogens is 317 g/mol. The molecule has 0 aliphatic rings. The number of anilines is 1. The van der Waals surface area contributed by atoms with Gasteiger partial charge in [-0.2, -0.15) is 21.6 Å². The first-order chi connectivity index (χ1) is 8.97. The molecule has 0 saturated carbocycles. The van der Waals surface area contributed by atoms with Crippen LogP contribution >= 0.6 is 12.2 Å². The highest BCUT2D eigenvalue weighted by Gasteiger charge is 2.30. The van der Waals surface area contributed by atoms with E-state index in [4.69, 9.17) is 16.8 Å². The van der Waals surface area contributed by atoms with Gasteiger partial charge < -0.3 is 10.6 Å². The van der Waals surface area contributed by atoms with E-state index in [9.17, 15) is 21.6 Å². The van der Waals surface area contributed by atoms with Crippen molar-refractivity contribution in [3.8, 4) is 0 Å². The Kier molecular flexibility index (Phi) is 4.95. The lowest BCUT2D eigenvalue weighted by Gasteiger charge is -2.13. The van der Waals surface area contributed by atoms with Crippen LogP contribution in [0.15, 0.2) is 18.2 Å². The normalized spacial score (nSPS) is 12.1. The molecule has 3 N–H and O–H groups in total. The molecule has 0 amide bonds. The van der Waals surface area contributed by atoms with Gasteiger partial charge in [0, 0.05) is 5.69 Å². The van der Waals surface area contributed by atoms with E-state index in [0.29, 0.717) is 5.56 Å². The highest BCUT2D eigenvalue weighted by Crippen LogP contribution is 2.31. The van der Waals surface area contributed by atoms with Gasteiger partial charge in [0.2, 0.25) is 0 Å². The van der Waals surface area contributed by atoms with Crippen LogP contribution in [0.25, 0.3) is 0 Å². The molecule has 0 radical (unpaired) electrons. The monoisotopic (exact) mass is 328 g/mol. The fourth-order valence-electron chi connectivity index (χ4n) is 1.35. The molecule has 0 bridgehead atoms. The fourth-order valence-corrected chi connectivity index (χ4v) is 1.96. The topological polar surface area (TPSA) is 78.4 Å². The van der Waals surface area contributed by atoms with Crippen molar-refractivity contribution >= 4 is 33.1 Å². The van der Waals surface area contributed by atoms with Crippen LogP contribution in [-0.4, -0.2) is 24.0 Å². The maximum absolute atomic E-state index is 12.6. The van der Waals surface area contributed by atoms with Gasteiger partial charge in [0.05, 0.1) is 5.56 Å². The summed E-state index contributed by atoms with van der Waals surface area (Å²) in [5, 5.41) is 4.34. The number of alkyl halides is 3. The number of hydrogen-bond acceptors (Lipinski definition) is 3. The summed E-state index contributed by atoms with van der Waals surface area (Å²) < 4.78 is 67.3. The van der Waals surface area contributed by atoms with E-state index in [-0.39, 0.29) is 10.8 Å². The third kappa shape index (κ3) is 5.72. The number of thiocarbonyl (C=S) groups is 1. The molecule has 10 heteroatoms. The molecule has 1 aromatic carbocycles. The number of benzene rings is 1. The zero-order valence-corrected chi connectivity index (χ0v) is 11.8. The van der Waals surface area contributed by atoms with Crippen molar-refractivity contribution < 1.29 is 26.1 Å². The van der Waals surface area contributed by atoms with Crippen LogP contribution in [0, 0.1) is 6.92 Å². The SMILES string of the molecule is Cc1cc(NC(=S)NCS(=O)(=O)O)cc(C(F)(F)F)c1. The maximum atomic E-state index is 12.6. The molecule has 0 saturated heterocycles. The zero-order valence-electron chi connectivity index (χ0n) is 10.2. The molecule has 1 aromatic rings. The van der Waals surface area contributed by atoms with E-state index in [2.05, 4.69) is 10.6 Å². The number of rotatable bonds is 3. The Morgan fingerprint density at radius 1 is 1.35 bits per heavy atom. The van der Waals surface area contributed by atoms with Gasteiger partial charge in [-0.1, -0.05) is 0 Å². The third-order valence-electron chi connectivity index (χ3n) is 2.08. The Hall–Kier alpha value is -1.39. The summed E-state index contributed by atoms with van der Waals surface area (Å²) in [6.45, 7) is 1.48. The molecule has 112 valence electrons. The number of halogens is 3. The third-order valence-corrected chi connectivity index (χ3v) is 2.83. The van der Waals surface area contributed by atoms with Gasteiger partial charge in [0.1, 0.15) is 5.88 Å². The van der Waals surface area contributed by atoms with E-state index in [1.165, 1.54) is 13.0 Å². The quantitative estimate of drug-likeness (QED) is 0.583. The van der Waals surface area contributed by atoms with Crippen molar-refractivity contribution in [3.63, 3.8) is 0 Å². The molecule has 0 unspecified atom stereocenters. The van der Waals surface area contributed by atoms with Gasteiger partial charge in [-0.15, -0.1) is 0 Å². The Morgan fingerprint density at radius 3 is 2.45 bits per heavy atom. The summed E-state index contributed by atoms with van der Waals surface area (Å²) in [4.78, 5) is 0. The second-order valence-corrected chi connectivity index (χ2v) is 5.80. The summed E-state index contributed by atoms with van der Waals surface area (Å²) in [7, 11) is -4.27. The van der Waals surface area contributed by atoms with Crippen LogP contribution in [0.1, 0.15) is 11.1 Å². The summed E-state index contributed by atoms with van der Waals surface area (Å²) in [6, 6.07) is 3.23. The minimum absolute atomic E-state index is 0.0603. The Labute approximate surface area is 118 Å². The van der Waals surface area contributed by atoms with Crippen molar-refractivity contribution in [1.29, 1.82) is 0 Å². The van der Waals surface area contributed by atoms with Crippen molar-refractivity contribution in [2.45, 2.75) is 13.1 Å². The van der Waals surface area contributed by atoms with Gasteiger partial charge in [-0.05, 0) is 42.9 Å². The molecule has 20 heavy (non-hydrogen) atoms. The average Bonchev–Trinajstić information content (AvgIpc) is 2.23. The highest BCUT2D eigenvalue weighted by molar-refractivity contribution is 7.86. The second kappa shape index (κ2) is 5.94. The van der Waals surface area contributed by atoms with Gasteiger partial charge in [0.25, 0.3) is 10.1 Å². The van der Waals surface area contributed by atoms with Gasteiger partial charge in [-0.3, -0.25) is 4.55 Å². The Bertz CT molecular complexity index is 615. The first-order valence-electron chi connectivity index (χ1n) is 5.16. The van der Waals surface area contributed by atoms with Crippen LogP contribution in [0.4, 0.5) is 18.9 Å². The lowest BCUT2D eigenvalue weighted by Crippen LogP contribution is -2.32. The predicted molar refractivity (Wildman–Crippen MR) is 72.0 cm³/mol. The highest BCUT2D eigenvalue weighted by atomic mass is 32.2. The summed E-state index contributed by atoms with van der Waals surface area (Å²) in [6.07, 6.45) is -4.49. The van der Waals surface area contributed by atoms with Crippen LogP contribution < -0.4 is 10.6 Å². The lowest BCUT2D eigenvalue weighted by atomic mass is 10.1. The predicted octanol–water partition coefficient (Wildman–Crippen LogP) is 2.15. The van der Waals surface area contributed by atoms with E-state index in [0.717, 1.165) is 12.1 Å². The van der Waals surface area contributed by atoms with Crippen molar-refractivity contribution in [1.82, 2.24) is 5.32 Å². The van der Waals surface area contributed by atoms with Crippen LogP contribution in [-0.2, 0) is 16.3 Å². The maximum Gasteiger partial charge on any atom is 0.416 e. The molecular formula is C10H11F3N2O3S2. The van der Waals surface area contributed by atoms with Gasteiger partial charge in [0.15, 0.2) is 5.11 Å². The van der Waals surface area contributed by atoms with Gasteiger partial charge in [-0.25, -0.2) is 0 Å². The minimum Gasteiger partial charge on any atom is -0.347 e. The molecule has 0 fully saturated rings. The van der Waals surface area contributed by atoms with E-state index in [1.807, 2.05) is 0 Å². The van der Waals surface area contributed by atoms with E-state index < -0.39 is 27.7 Å². The molecule has 0 heterocycles. The molecule has 0 aliphatic carbocycles. The molecule has 0 aliphatic heterocycles. The molecule has 0 atom stereocenters. The van der Waals surface area contributed by atoms with Crippen LogP contribution in [0.5, 0.6) is 0 Å². The molecule has 0 aromatic heterocycles. The lowest BCUT2D eigenvalue weighted by molar-refractivity contribution is -0.137. The molecule has 0 spiro atoms. The zero-order chi connectivity index (χ0) is 15.6. The first kappa shape index (κ1) is 16.7. The van der Waals surface area contributed by atoms with E-state index >= 15 is 0 Å². The Morgan fingerprint density at radius 2 is 1.95 bits per heavy atom. The van der Waals surface area contributed by atoms with Crippen molar-refractivity contribution in [2.75, 3.05) is 11.2 Å².